The Hall–Kier alpha value is -4.02. The zero-order valence-electron chi connectivity index (χ0n) is 18.8. The minimum Gasteiger partial charge on any atom is -0.497 e. The molecule has 178 valence electrons. The third kappa shape index (κ3) is 3.44. The van der Waals surface area contributed by atoms with Crippen molar-refractivity contribution in [3.63, 3.8) is 0 Å². The van der Waals surface area contributed by atoms with Crippen LogP contribution in [0.4, 0.5) is 9.59 Å². The van der Waals surface area contributed by atoms with Gasteiger partial charge in [0.15, 0.2) is 5.54 Å². The van der Waals surface area contributed by atoms with E-state index in [1.807, 2.05) is 6.07 Å². The number of hydrogen-bond donors (Lipinski definition) is 2. The van der Waals surface area contributed by atoms with E-state index in [-0.39, 0.29) is 37.9 Å². The van der Waals surface area contributed by atoms with Crippen LogP contribution in [0.5, 0.6) is 5.75 Å². The maximum absolute atomic E-state index is 13.1. The van der Waals surface area contributed by atoms with Gasteiger partial charge in [0.1, 0.15) is 17.3 Å². The fourth-order valence-corrected chi connectivity index (χ4v) is 4.65. The van der Waals surface area contributed by atoms with Gasteiger partial charge in [0, 0.05) is 30.6 Å². The van der Waals surface area contributed by atoms with E-state index < -0.39 is 23.6 Å². The number of methoxy groups -OCH3 is 1. The summed E-state index contributed by atoms with van der Waals surface area (Å²) in [5.41, 5.74) is 0.422. The molecule has 1 unspecified atom stereocenters. The molecule has 0 radical (unpaired) electrons. The van der Waals surface area contributed by atoms with Crippen LogP contribution in [0.15, 0.2) is 28.7 Å². The Kier molecular flexibility index (Phi) is 5.18. The quantitative estimate of drug-likeness (QED) is 0.636. The average Bonchev–Trinajstić information content (AvgIpc) is 3.47. The third-order valence-electron chi connectivity index (χ3n) is 6.38. The predicted molar refractivity (Wildman–Crippen MR) is 116 cm³/mol. The van der Waals surface area contributed by atoms with Gasteiger partial charge in [-0.2, -0.15) is 0 Å². The smallest absolute Gasteiger partial charge is 0.410 e. The Morgan fingerprint density at radius 2 is 2.00 bits per heavy atom. The van der Waals surface area contributed by atoms with Gasteiger partial charge in [0.05, 0.1) is 26.8 Å². The highest BCUT2D eigenvalue weighted by Gasteiger charge is 2.53. The van der Waals surface area contributed by atoms with Gasteiger partial charge in [-0.3, -0.25) is 14.9 Å². The van der Waals surface area contributed by atoms with Crippen LogP contribution in [0.25, 0.3) is 0 Å². The molecule has 2 N–H and O–H groups in total. The number of fused-ring (bicyclic) bond motifs is 2. The van der Waals surface area contributed by atoms with Crippen LogP contribution in [0, 0.1) is 0 Å². The van der Waals surface area contributed by atoms with Gasteiger partial charge in [-0.15, -0.1) is 0 Å². The monoisotopic (exact) mass is 468 g/mol. The maximum Gasteiger partial charge on any atom is 0.410 e. The third-order valence-corrected chi connectivity index (χ3v) is 6.38. The number of benzene rings is 1. The van der Waals surface area contributed by atoms with Crippen molar-refractivity contribution in [2.24, 2.45) is 0 Å². The summed E-state index contributed by atoms with van der Waals surface area (Å²) in [5.74, 6) is 0.525. The van der Waals surface area contributed by atoms with E-state index in [1.54, 1.807) is 30.0 Å². The molecule has 4 heterocycles. The van der Waals surface area contributed by atoms with E-state index in [9.17, 15) is 19.2 Å². The fourth-order valence-electron chi connectivity index (χ4n) is 4.65. The van der Waals surface area contributed by atoms with Crippen LogP contribution in [-0.4, -0.2) is 60.5 Å². The lowest BCUT2D eigenvalue weighted by Crippen LogP contribution is -2.52. The molecule has 3 aliphatic rings. The maximum atomic E-state index is 13.1. The normalized spacial score (nSPS) is 21.2. The molecular formula is C23H24N4O7. The first kappa shape index (κ1) is 21.8. The molecule has 11 heteroatoms. The van der Waals surface area contributed by atoms with Crippen molar-refractivity contribution in [2.45, 2.75) is 32.0 Å². The Morgan fingerprint density at radius 3 is 2.71 bits per heavy atom. The predicted octanol–water partition coefficient (Wildman–Crippen LogP) is 1.49. The second-order valence-corrected chi connectivity index (χ2v) is 8.43. The lowest BCUT2D eigenvalue weighted by atomic mass is 9.94. The van der Waals surface area contributed by atoms with Gasteiger partial charge in [0.25, 0.3) is 11.8 Å². The molecule has 1 saturated heterocycles. The summed E-state index contributed by atoms with van der Waals surface area (Å²) in [4.78, 5) is 53.6. The largest absolute Gasteiger partial charge is 0.497 e. The molecule has 3 aliphatic heterocycles. The average molecular weight is 468 g/mol. The molecule has 2 aromatic rings. The molecule has 0 bridgehead atoms. The molecule has 5 rings (SSSR count). The molecule has 0 saturated carbocycles. The summed E-state index contributed by atoms with van der Waals surface area (Å²) < 4.78 is 16.4. The zero-order chi connectivity index (χ0) is 24.0. The first-order valence-corrected chi connectivity index (χ1v) is 11.0. The number of rotatable bonds is 5. The minimum atomic E-state index is -1.59. The van der Waals surface area contributed by atoms with Gasteiger partial charge < -0.3 is 29.0 Å². The molecule has 11 nitrogen and oxygen atoms in total. The van der Waals surface area contributed by atoms with Gasteiger partial charge in [-0.25, -0.2) is 9.59 Å². The van der Waals surface area contributed by atoms with Crippen LogP contribution in [-0.2, 0) is 34.6 Å². The highest BCUT2D eigenvalue weighted by Crippen LogP contribution is 2.35. The number of carbonyl (C=O) groups excluding carboxylic acids is 4. The lowest BCUT2D eigenvalue weighted by Gasteiger charge is -2.29. The van der Waals surface area contributed by atoms with Crippen LogP contribution in [0.3, 0.4) is 0 Å². The van der Waals surface area contributed by atoms with Crippen molar-refractivity contribution in [1.29, 1.82) is 0 Å². The Morgan fingerprint density at radius 1 is 1.18 bits per heavy atom. The summed E-state index contributed by atoms with van der Waals surface area (Å²) in [6.45, 7) is 2.84. The van der Waals surface area contributed by atoms with Crippen LogP contribution < -0.4 is 15.4 Å². The second kappa shape index (κ2) is 8.08. The summed E-state index contributed by atoms with van der Waals surface area (Å²) in [6, 6.07) is 6.24. The second-order valence-electron chi connectivity index (χ2n) is 8.43. The van der Waals surface area contributed by atoms with Crippen molar-refractivity contribution >= 4 is 23.9 Å². The number of hydrogen-bond acceptors (Lipinski definition) is 7. The molecule has 5 amide bonds. The fraction of sp³-hybridized carbons (Fsp3) is 0.391. The summed E-state index contributed by atoms with van der Waals surface area (Å²) >= 11 is 0. The first-order valence-electron chi connectivity index (χ1n) is 11.0. The SMILES string of the molecule is CCOC(=O)N1CCc2oc(C3(CN4Cc5ccc(OC)cc5C4=O)NC(=O)NC3=O)cc2C1. The molecule has 0 spiro atoms. The van der Waals surface area contributed by atoms with E-state index in [4.69, 9.17) is 13.9 Å². The molecule has 0 aliphatic carbocycles. The number of nitrogens with zero attached hydrogens (tertiary/aromatic N) is 2. The van der Waals surface area contributed by atoms with E-state index in [0.29, 0.717) is 30.0 Å². The number of ether oxygens (including phenoxy) is 2. The van der Waals surface area contributed by atoms with Crippen molar-refractivity contribution in [2.75, 3.05) is 26.8 Å². The summed E-state index contributed by atoms with van der Waals surface area (Å²) in [6.07, 6.45) is 0.0154. The summed E-state index contributed by atoms with van der Waals surface area (Å²) in [7, 11) is 1.52. The molecule has 1 fully saturated rings. The van der Waals surface area contributed by atoms with Crippen LogP contribution >= 0.6 is 0 Å². The minimum absolute atomic E-state index is 0.117. The first-order chi connectivity index (χ1) is 16.3. The van der Waals surface area contributed by atoms with Gasteiger partial charge in [-0.1, -0.05) is 6.07 Å². The number of nitrogens with one attached hydrogen (secondary N) is 2. The molecule has 1 aromatic heterocycles. The van der Waals surface area contributed by atoms with Crippen molar-refractivity contribution < 1.29 is 33.1 Å². The highest BCUT2D eigenvalue weighted by molar-refractivity contribution is 6.08. The van der Waals surface area contributed by atoms with Gasteiger partial charge in [0.2, 0.25) is 0 Å². The van der Waals surface area contributed by atoms with Crippen molar-refractivity contribution in [1.82, 2.24) is 20.4 Å². The van der Waals surface area contributed by atoms with Gasteiger partial charge >= 0.3 is 12.1 Å². The van der Waals surface area contributed by atoms with Gasteiger partial charge in [-0.05, 0) is 30.7 Å². The molecule has 1 aromatic carbocycles. The Bertz CT molecular complexity index is 1210. The summed E-state index contributed by atoms with van der Waals surface area (Å²) in [5, 5.41) is 4.94. The van der Waals surface area contributed by atoms with Crippen molar-refractivity contribution in [3.8, 4) is 5.75 Å². The topological polar surface area (TPSA) is 130 Å². The van der Waals surface area contributed by atoms with E-state index in [2.05, 4.69) is 10.6 Å². The number of urea groups is 1. The lowest BCUT2D eigenvalue weighted by molar-refractivity contribution is -0.125. The van der Waals surface area contributed by atoms with Crippen molar-refractivity contribution in [3.05, 3.63) is 52.5 Å². The number of furan rings is 1. The van der Waals surface area contributed by atoms with E-state index in [1.165, 1.54) is 12.0 Å². The Balaban J connectivity index is 1.45. The van der Waals surface area contributed by atoms with E-state index in [0.717, 1.165) is 11.1 Å². The highest BCUT2D eigenvalue weighted by atomic mass is 16.6. The Labute approximate surface area is 195 Å². The molecular weight excluding hydrogens is 444 g/mol. The molecule has 1 atom stereocenters. The molecule has 34 heavy (non-hydrogen) atoms. The van der Waals surface area contributed by atoms with Crippen LogP contribution in [0.1, 0.15) is 39.9 Å². The zero-order valence-corrected chi connectivity index (χ0v) is 18.8. The standard InChI is InChI=1S/C23H24N4O7/c1-3-33-22(31)26-7-6-17-14(11-26)8-18(34-17)23(20(29)24-21(30)25-23)12-27-10-13-4-5-15(32-2)9-16(13)19(27)28/h4-5,8-9H,3,6-7,10-12H2,1-2H3,(H2,24,25,29,30). The number of carbonyl (C=O) groups is 4. The number of imide groups is 1. The number of amides is 5. The van der Waals surface area contributed by atoms with Crippen LogP contribution in [0.2, 0.25) is 0 Å². The van der Waals surface area contributed by atoms with E-state index >= 15 is 0 Å².